The smallest absolute Gasteiger partial charge is 0.319 e. The van der Waals surface area contributed by atoms with Gasteiger partial charge in [0.1, 0.15) is 29.9 Å². The van der Waals surface area contributed by atoms with E-state index in [2.05, 4.69) is 20.2 Å². The van der Waals surface area contributed by atoms with Crippen LogP contribution in [0.25, 0.3) is 43.9 Å². The van der Waals surface area contributed by atoms with Gasteiger partial charge in [-0.15, -0.1) is 0 Å². The lowest BCUT2D eigenvalue weighted by Crippen LogP contribution is -2.51. The lowest BCUT2D eigenvalue weighted by atomic mass is 9.90. The van der Waals surface area contributed by atoms with Crippen LogP contribution < -0.4 is 15.0 Å². The lowest BCUT2D eigenvalue weighted by Gasteiger charge is -2.35. The number of hydrogen-bond donors (Lipinski definition) is 2. The summed E-state index contributed by atoms with van der Waals surface area (Å²) in [6, 6.07) is 13.7. The highest BCUT2D eigenvalue weighted by molar-refractivity contribution is 6.06. The Kier molecular flexibility index (Phi) is 6.66. The minimum Gasteiger partial charge on any atom is -0.508 e. The summed E-state index contributed by atoms with van der Waals surface area (Å²) in [6.45, 7) is 3.01. The van der Waals surface area contributed by atoms with Crippen molar-refractivity contribution in [2.45, 2.75) is 55.9 Å². The van der Waals surface area contributed by atoms with Crippen molar-refractivity contribution < 1.29 is 18.6 Å². The number of aromatic nitrogens is 4. The first kappa shape index (κ1) is 28.8. The van der Waals surface area contributed by atoms with E-state index in [-0.39, 0.29) is 29.4 Å². The van der Waals surface area contributed by atoms with Crippen molar-refractivity contribution in [1.82, 2.24) is 30.0 Å². The monoisotopic (exact) mass is 637 g/mol. The lowest BCUT2D eigenvalue weighted by molar-refractivity contribution is 0.107. The van der Waals surface area contributed by atoms with Gasteiger partial charge in [0.15, 0.2) is 5.82 Å². The average Bonchev–Trinajstić information content (AvgIpc) is 3.82. The molecule has 0 spiro atoms. The Labute approximate surface area is 271 Å². The largest absolute Gasteiger partial charge is 0.508 e. The Bertz CT molecular complexity index is 2020. The second-order valence-corrected chi connectivity index (χ2v) is 13.9. The molecule has 6 heterocycles. The van der Waals surface area contributed by atoms with E-state index in [4.69, 9.17) is 14.7 Å². The van der Waals surface area contributed by atoms with Gasteiger partial charge in [-0.25, -0.2) is 8.78 Å². The number of alkyl halides is 1. The molecular weight excluding hydrogens is 600 g/mol. The molecule has 9 rings (SSSR count). The molecule has 4 atom stereocenters. The highest BCUT2D eigenvalue weighted by Crippen LogP contribution is 2.45. The number of ether oxygens (including phenoxy) is 1. The van der Waals surface area contributed by atoms with Gasteiger partial charge in [-0.3, -0.25) is 9.58 Å². The van der Waals surface area contributed by atoms with Gasteiger partial charge in [-0.05, 0) is 72.3 Å². The van der Waals surface area contributed by atoms with E-state index in [1.807, 2.05) is 43.6 Å². The molecule has 11 heteroatoms. The first-order chi connectivity index (χ1) is 22.8. The minimum absolute atomic E-state index is 0.0436. The number of aromatic hydroxyl groups is 1. The molecule has 2 bridgehead atoms. The second kappa shape index (κ2) is 10.8. The minimum atomic E-state index is -0.883. The van der Waals surface area contributed by atoms with E-state index in [0.29, 0.717) is 52.9 Å². The normalized spacial score (nSPS) is 25.7. The molecule has 5 aromatic rings. The van der Waals surface area contributed by atoms with Crippen LogP contribution in [0.2, 0.25) is 0 Å². The van der Waals surface area contributed by atoms with Crippen molar-refractivity contribution in [2.24, 2.45) is 7.05 Å². The van der Waals surface area contributed by atoms with Crippen molar-refractivity contribution in [2.75, 3.05) is 37.7 Å². The molecule has 3 aromatic carbocycles. The molecule has 47 heavy (non-hydrogen) atoms. The Morgan fingerprint density at radius 1 is 1.04 bits per heavy atom. The molecule has 0 aliphatic carbocycles. The van der Waals surface area contributed by atoms with Gasteiger partial charge in [-0.2, -0.15) is 15.1 Å². The number of anilines is 1. The van der Waals surface area contributed by atoms with Crippen LogP contribution in [0.15, 0.2) is 54.9 Å². The summed E-state index contributed by atoms with van der Waals surface area (Å²) in [5.74, 6) is 0.159. The van der Waals surface area contributed by atoms with Crippen molar-refractivity contribution in [1.29, 1.82) is 0 Å². The fourth-order valence-electron chi connectivity index (χ4n) is 8.67. The van der Waals surface area contributed by atoms with Crippen LogP contribution in [0.1, 0.15) is 32.1 Å². The molecule has 0 unspecified atom stereocenters. The van der Waals surface area contributed by atoms with E-state index in [0.717, 1.165) is 61.7 Å². The molecule has 0 saturated carbocycles. The third kappa shape index (κ3) is 4.81. The summed E-state index contributed by atoms with van der Waals surface area (Å²) < 4.78 is 40.2. The number of nitrogens with one attached hydrogen (secondary N) is 1. The molecule has 242 valence electrons. The molecule has 4 saturated heterocycles. The molecule has 0 radical (unpaired) electrons. The van der Waals surface area contributed by atoms with Crippen LogP contribution >= 0.6 is 0 Å². The van der Waals surface area contributed by atoms with E-state index < -0.39 is 12.0 Å². The van der Waals surface area contributed by atoms with E-state index in [1.54, 1.807) is 23.0 Å². The second-order valence-electron chi connectivity index (χ2n) is 13.9. The molecular formula is C36H37F2N7O2. The molecule has 2 N–H and O–H groups in total. The number of halogens is 2. The number of nitrogens with zero attached hydrogens (tertiary/aromatic N) is 6. The van der Waals surface area contributed by atoms with Crippen molar-refractivity contribution in [3.63, 3.8) is 0 Å². The van der Waals surface area contributed by atoms with E-state index in [1.165, 1.54) is 0 Å². The number of phenols is 1. The number of aryl methyl sites for hydroxylation is 1. The Morgan fingerprint density at radius 3 is 2.68 bits per heavy atom. The van der Waals surface area contributed by atoms with E-state index >= 15 is 4.39 Å². The van der Waals surface area contributed by atoms with E-state index in [9.17, 15) is 9.50 Å². The maximum atomic E-state index is 17.5. The van der Waals surface area contributed by atoms with Gasteiger partial charge in [0.2, 0.25) is 0 Å². The average molecular weight is 638 g/mol. The summed E-state index contributed by atoms with van der Waals surface area (Å²) in [7, 11) is 1.83. The van der Waals surface area contributed by atoms with Gasteiger partial charge >= 0.3 is 6.01 Å². The summed E-state index contributed by atoms with van der Waals surface area (Å²) in [4.78, 5) is 14.2. The zero-order valence-corrected chi connectivity index (χ0v) is 26.3. The fourth-order valence-corrected chi connectivity index (χ4v) is 8.67. The highest BCUT2D eigenvalue weighted by Gasteiger charge is 2.49. The molecule has 2 aromatic heterocycles. The van der Waals surface area contributed by atoms with Crippen molar-refractivity contribution in [3.05, 3.63) is 60.7 Å². The Morgan fingerprint density at radius 2 is 1.87 bits per heavy atom. The summed E-state index contributed by atoms with van der Waals surface area (Å²) in [6.07, 6.45) is 7.15. The maximum absolute atomic E-state index is 17.5. The maximum Gasteiger partial charge on any atom is 0.319 e. The number of fused-ring (bicyclic) bond motifs is 5. The fraction of sp³-hybridized carbons (Fsp3) is 0.417. The quantitative estimate of drug-likeness (QED) is 0.249. The third-order valence-electron chi connectivity index (χ3n) is 10.8. The van der Waals surface area contributed by atoms with Gasteiger partial charge in [0.05, 0.1) is 11.7 Å². The molecule has 4 aliphatic rings. The standard InChI is InChI=1S/C36H37F2N7O2/c1-43-16-22(15-39-43)28-13-30-33(32(38)31(28)29-12-26(46)11-21-5-2-3-6-27(21)29)41-35(42-34(30)44-18-24-7-8-25(19-44)40-24)47-20-36-9-4-10-45(36)17-23(37)14-36/h2-3,5-6,11-13,15-16,23-25,40,46H,4,7-10,14,17-20H2,1H3/t23-,24-,25+,36+/m1/s1. The topological polar surface area (TPSA) is 91.6 Å². The summed E-state index contributed by atoms with van der Waals surface area (Å²) in [5.41, 5.74) is 2.02. The number of hydrogen-bond acceptors (Lipinski definition) is 8. The zero-order chi connectivity index (χ0) is 31.9. The van der Waals surface area contributed by atoms with Gasteiger partial charge in [-0.1, -0.05) is 24.3 Å². The third-order valence-corrected chi connectivity index (χ3v) is 10.8. The summed E-state index contributed by atoms with van der Waals surface area (Å²) in [5, 5.41) is 21.1. The molecule has 0 amide bonds. The van der Waals surface area contributed by atoms with Gasteiger partial charge in [0, 0.05) is 67.9 Å². The van der Waals surface area contributed by atoms with Crippen LogP contribution in [-0.2, 0) is 7.05 Å². The first-order valence-corrected chi connectivity index (χ1v) is 16.6. The van der Waals surface area contributed by atoms with Crippen LogP contribution in [0.3, 0.4) is 0 Å². The SMILES string of the molecule is Cn1cc(-c2cc3c(N4C[C@H]5CC[C@@H](C4)N5)nc(OC[C@@]45CCCN4C[C@H](F)C5)nc3c(F)c2-c2cc(O)cc3ccccc23)cn1. The molecule has 9 nitrogen and oxygen atoms in total. The number of phenolic OH excluding ortho intramolecular Hbond substituents is 1. The molecule has 4 fully saturated rings. The van der Waals surface area contributed by atoms with Gasteiger partial charge in [0.25, 0.3) is 0 Å². The number of benzene rings is 3. The molecule has 4 aliphatic heterocycles. The first-order valence-electron chi connectivity index (χ1n) is 16.6. The van der Waals surface area contributed by atoms with Crippen molar-refractivity contribution in [3.8, 4) is 34.0 Å². The van der Waals surface area contributed by atoms with Crippen LogP contribution in [0.5, 0.6) is 11.8 Å². The number of rotatable bonds is 6. The summed E-state index contributed by atoms with van der Waals surface area (Å²) >= 11 is 0. The zero-order valence-electron chi connectivity index (χ0n) is 26.3. The van der Waals surface area contributed by atoms with Crippen molar-refractivity contribution >= 4 is 27.5 Å². The Hall–Kier alpha value is -4.35. The highest BCUT2D eigenvalue weighted by atomic mass is 19.1. The predicted octanol–water partition coefficient (Wildman–Crippen LogP) is 5.59. The predicted molar refractivity (Wildman–Crippen MR) is 177 cm³/mol. The Balaban J connectivity index is 1.26. The van der Waals surface area contributed by atoms with Crippen LogP contribution in [0.4, 0.5) is 14.6 Å². The van der Waals surface area contributed by atoms with Crippen LogP contribution in [-0.4, -0.2) is 86.3 Å². The number of piperazine rings is 1. The van der Waals surface area contributed by atoms with Crippen LogP contribution in [0, 0.1) is 5.82 Å². The van der Waals surface area contributed by atoms with Gasteiger partial charge < -0.3 is 20.1 Å².